The van der Waals surface area contributed by atoms with Crippen LogP contribution in [0.5, 0.6) is 0 Å². The number of thiophene rings is 1. The van der Waals surface area contributed by atoms with Crippen LogP contribution in [0, 0.1) is 0 Å². The molecule has 9 heteroatoms. The summed E-state index contributed by atoms with van der Waals surface area (Å²) in [4.78, 5) is 35.6. The zero-order valence-electron chi connectivity index (χ0n) is 19.8. The number of anilines is 1. The summed E-state index contributed by atoms with van der Waals surface area (Å²) in [6.45, 7) is 1.36. The molecule has 4 aromatic rings. The summed E-state index contributed by atoms with van der Waals surface area (Å²) in [6, 6.07) is 13.4. The highest BCUT2D eigenvalue weighted by Crippen LogP contribution is 2.37. The third-order valence-electron chi connectivity index (χ3n) is 6.43. The fourth-order valence-corrected chi connectivity index (χ4v) is 5.66. The number of rotatable bonds is 5. The highest BCUT2D eigenvalue weighted by atomic mass is 32.1. The summed E-state index contributed by atoms with van der Waals surface area (Å²) >= 11 is 1.31. The standard InChI is InChI=1S/C26H28N6O2S/c1-30(2)26(34)23-22(27)19-11-12-20(29-24(19)35-23)21-6-3-4-15-32(21)25(33)18-9-7-17(8-10-18)16-31-14-5-13-28-31/h5,7-14,21H,3-4,6,15-16,27H2,1-2H3/t21-/m1/s1. The minimum atomic E-state index is -0.127. The van der Waals surface area contributed by atoms with Gasteiger partial charge in [0, 0.05) is 44.0 Å². The van der Waals surface area contributed by atoms with Gasteiger partial charge in [0.2, 0.25) is 0 Å². The van der Waals surface area contributed by atoms with E-state index in [1.54, 1.807) is 20.3 Å². The maximum atomic E-state index is 13.5. The van der Waals surface area contributed by atoms with E-state index in [-0.39, 0.29) is 17.9 Å². The van der Waals surface area contributed by atoms with E-state index in [1.165, 1.54) is 16.2 Å². The zero-order valence-corrected chi connectivity index (χ0v) is 20.7. The first-order valence-corrected chi connectivity index (χ1v) is 12.5. The summed E-state index contributed by atoms with van der Waals surface area (Å²) in [5.74, 6) is -0.117. The second-order valence-corrected chi connectivity index (χ2v) is 10.0. The van der Waals surface area contributed by atoms with Crippen molar-refractivity contribution in [3.05, 3.63) is 76.6 Å². The van der Waals surface area contributed by atoms with E-state index >= 15 is 0 Å². The third-order valence-corrected chi connectivity index (χ3v) is 7.53. The second kappa shape index (κ2) is 9.50. The smallest absolute Gasteiger partial charge is 0.265 e. The number of aromatic nitrogens is 3. The summed E-state index contributed by atoms with van der Waals surface area (Å²) in [7, 11) is 3.42. The molecule has 3 aromatic heterocycles. The lowest BCUT2D eigenvalue weighted by atomic mass is 9.97. The Bertz CT molecular complexity index is 1360. The van der Waals surface area contributed by atoms with Crippen LogP contribution in [-0.2, 0) is 6.54 Å². The van der Waals surface area contributed by atoms with E-state index in [0.29, 0.717) is 29.2 Å². The van der Waals surface area contributed by atoms with E-state index in [9.17, 15) is 9.59 Å². The molecule has 1 fully saturated rings. The fraction of sp³-hybridized carbons (Fsp3) is 0.308. The van der Waals surface area contributed by atoms with Gasteiger partial charge in [-0.15, -0.1) is 11.3 Å². The molecule has 0 saturated carbocycles. The van der Waals surface area contributed by atoms with Crippen LogP contribution >= 0.6 is 11.3 Å². The molecule has 0 radical (unpaired) electrons. The molecule has 1 saturated heterocycles. The first-order chi connectivity index (χ1) is 16.9. The van der Waals surface area contributed by atoms with Crippen LogP contribution in [0.3, 0.4) is 0 Å². The Hall–Kier alpha value is -3.72. The number of nitrogens with zero attached hydrogens (tertiary/aromatic N) is 5. The zero-order chi connectivity index (χ0) is 24.5. The summed E-state index contributed by atoms with van der Waals surface area (Å²) in [5.41, 5.74) is 9.33. The minimum Gasteiger partial charge on any atom is -0.397 e. The molecule has 2 N–H and O–H groups in total. The molecular formula is C26H28N6O2S. The number of hydrogen-bond donors (Lipinski definition) is 1. The molecular weight excluding hydrogens is 460 g/mol. The first-order valence-electron chi connectivity index (χ1n) is 11.7. The molecule has 4 heterocycles. The van der Waals surface area contributed by atoms with Crippen LogP contribution in [0.25, 0.3) is 10.2 Å². The summed E-state index contributed by atoms with van der Waals surface area (Å²) in [5, 5.41) is 5.02. The van der Waals surface area contributed by atoms with Gasteiger partial charge >= 0.3 is 0 Å². The monoisotopic (exact) mass is 488 g/mol. The van der Waals surface area contributed by atoms with Gasteiger partial charge in [-0.1, -0.05) is 12.1 Å². The quantitative estimate of drug-likeness (QED) is 0.454. The van der Waals surface area contributed by atoms with Crippen molar-refractivity contribution in [1.82, 2.24) is 24.6 Å². The van der Waals surface area contributed by atoms with Gasteiger partial charge in [-0.25, -0.2) is 4.98 Å². The van der Waals surface area contributed by atoms with Gasteiger partial charge in [-0.05, 0) is 55.2 Å². The average molecular weight is 489 g/mol. The highest BCUT2D eigenvalue weighted by Gasteiger charge is 2.30. The topological polar surface area (TPSA) is 97.4 Å². The number of nitrogen functional groups attached to an aromatic ring is 1. The summed E-state index contributed by atoms with van der Waals surface area (Å²) < 4.78 is 1.86. The maximum absolute atomic E-state index is 13.5. The molecule has 1 aliphatic heterocycles. The van der Waals surface area contributed by atoms with Crippen LogP contribution < -0.4 is 5.73 Å². The number of amides is 2. The van der Waals surface area contributed by atoms with Crippen molar-refractivity contribution < 1.29 is 9.59 Å². The molecule has 5 rings (SSSR count). The van der Waals surface area contributed by atoms with Crippen molar-refractivity contribution in [1.29, 1.82) is 0 Å². The van der Waals surface area contributed by atoms with Crippen molar-refractivity contribution in [3.8, 4) is 0 Å². The molecule has 0 bridgehead atoms. The molecule has 180 valence electrons. The number of pyridine rings is 1. The number of fused-ring (bicyclic) bond motifs is 1. The van der Waals surface area contributed by atoms with Crippen molar-refractivity contribution in [2.45, 2.75) is 31.8 Å². The van der Waals surface area contributed by atoms with Gasteiger partial charge < -0.3 is 15.5 Å². The number of carbonyl (C=O) groups is 2. The average Bonchev–Trinajstić information content (AvgIpc) is 3.51. The molecule has 2 amide bonds. The number of piperidine rings is 1. The van der Waals surface area contributed by atoms with E-state index in [0.717, 1.165) is 40.7 Å². The van der Waals surface area contributed by atoms with Crippen molar-refractivity contribution in [2.75, 3.05) is 26.4 Å². The molecule has 1 atom stereocenters. The van der Waals surface area contributed by atoms with Crippen LogP contribution in [0.15, 0.2) is 54.9 Å². The van der Waals surface area contributed by atoms with Crippen LogP contribution in [0.4, 0.5) is 5.69 Å². The second-order valence-electron chi connectivity index (χ2n) is 9.04. The predicted octanol–water partition coefficient (Wildman–Crippen LogP) is 4.19. The van der Waals surface area contributed by atoms with E-state index in [1.807, 2.05) is 58.2 Å². The van der Waals surface area contributed by atoms with Gasteiger partial charge in [0.1, 0.15) is 9.71 Å². The molecule has 1 aliphatic rings. The van der Waals surface area contributed by atoms with Crippen molar-refractivity contribution >= 4 is 39.1 Å². The highest BCUT2D eigenvalue weighted by molar-refractivity contribution is 7.21. The van der Waals surface area contributed by atoms with Crippen LogP contribution in [0.1, 0.15) is 56.6 Å². The number of benzene rings is 1. The SMILES string of the molecule is CN(C)C(=O)c1sc2nc([C@H]3CCCCN3C(=O)c3ccc(Cn4cccn4)cc3)ccc2c1N. The van der Waals surface area contributed by atoms with E-state index < -0.39 is 0 Å². The largest absolute Gasteiger partial charge is 0.397 e. The van der Waals surface area contributed by atoms with Gasteiger partial charge in [-0.2, -0.15) is 5.10 Å². The maximum Gasteiger partial charge on any atom is 0.265 e. The molecule has 1 aromatic carbocycles. The molecule has 0 aliphatic carbocycles. The third kappa shape index (κ3) is 4.51. The normalized spacial score (nSPS) is 15.9. The van der Waals surface area contributed by atoms with Crippen LogP contribution in [-0.4, -0.2) is 57.0 Å². The lowest BCUT2D eigenvalue weighted by molar-refractivity contribution is 0.0606. The number of carbonyl (C=O) groups excluding carboxylic acids is 2. The van der Waals surface area contributed by atoms with Crippen LogP contribution in [0.2, 0.25) is 0 Å². The van der Waals surface area contributed by atoms with Gasteiger partial charge in [0.05, 0.1) is 24.0 Å². The fourth-order valence-electron chi connectivity index (χ4n) is 4.54. The van der Waals surface area contributed by atoms with Gasteiger partial charge in [-0.3, -0.25) is 14.3 Å². The number of likely N-dealkylation sites (tertiary alicyclic amines) is 1. The number of hydrogen-bond acceptors (Lipinski definition) is 6. The molecule has 0 spiro atoms. The number of nitrogens with two attached hydrogens (primary N) is 1. The van der Waals surface area contributed by atoms with Crippen molar-refractivity contribution in [3.63, 3.8) is 0 Å². The Morgan fingerprint density at radius 1 is 1.14 bits per heavy atom. The van der Waals surface area contributed by atoms with E-state index in [4.69, 9.17) is 10.7 Å². The first kappa shape index (κ1) is 23.0. The Morgan fingerprint density at radius 3 is 2.66 bits per heavy atom. The van der Waals surface area contributed by atoms with Gasteiger partial charge in [0.15, 0.2) is 0 Å². The van der Waals surface area contributed by atoms with E-state index in [2.05, 4.69) is 5.10 Å². The molecule has 0 unspecified atom stereocenters. The Kier molecular flexibility index (Phi) is 6.25. The molecule has 35 heavy (non-hydrogen) atoms. The van der Waals surface area contributed by atoms with Crippen molar-refractivity contribution in [2.24, 2.45) is 0 Å². The predicted molar refractivity (Wildman–Crippen MR) is 137 cm³/mol. The lowest BCUT2D eigenvalue weighted by Crippen LogP contribution is -2.38. The minimum absolute atomic E-state index is 0.0106. The Morgan fingerprint density at radius 2 is 1.94 bits per heavy atom. The Balaban J connectivity index is 1.40. The summed E-state index contributed by atoms with van der Waals surface area (Å²) in [6.07, 6.45) is 6.53. The molecule has 8 nitrogen and oxygen atoms in total. The Labute approximate surface area is 208 Å². The van der Waals surface area contributed by atoms with Gasteiger partial charge in [0.25, 0.3) is 11.8 Å². The lowest BCUT2D eigenvalue weighted by Gasteiger charge is -2.35.